The maximum Gasteiger partial charge on any atom is 0.174 e. The molecular formula is C27H31NO4. The van der Waals surface area contributed by atoms with Crippen LogP contribution in [-0.4, -0.2) is 46.6 Å². The lowest BCUT2D eigenvalue weighted by molar-refractivity contribution is -0.189. The smallest absolute Gasteiger partial charge is 0.174 e. The number of ether oxygens (including phenoxy) is 2. The van der Waals surface area contributed by atoms with Crippen LogP contribution in [0.15, 0.2) is 42.5 Å². The number of ketones is 1. The van der Waals surface area contributed by atoms with Crippen molar-refractivity contribution in [3.63, 3.8) is 0 Å². The Morgan fingerprint density at radius 1 is 1.19 bits per heavy atom. The zero-order valence-electron chi connectivity index (χ0n) is 18.8. The summed E-state index contributed by atoms with van der Waals surface area (Å²) >= 11 is 0. The van der Waals surface area contributed by atoms with Crippen LogP contribution in [0.25, 0.3) is 0 Å². The Hall–Kier alpha value is -2.37. The molecule has 1 spiro atoms. The first kappa shape index (κ1) is 20.3. The molecule has 2 heterocycles. The molecule has 1 saturated heterocycles. The Labute approximate surface area is 189 Å². The van der Waals surface area contributed by atoms with E-state index < -0.39 is 17.1 Å². The van der Waals surface area contributed by atoms with Gasteiger partial charge in [-0.2, -0.15) is 0 Å². The molecular weight excluding hydrogens is 402 g/mol. The molecule has 2 fully saturated rings. The topological polar surface area (TPSA) is 59.0 Å². The summed E-state index contributed by atoms with van der Waals surface area (Å²) in [5, 5.41) is 12.3. The van der Waals surface area contributed by atoms with Crippen LogP contribution >= 0.6 is 0 Å². The molecule has 4 atom stereocenters. The lowest BCUT2D eigenvalue weighted by atomic mass is 9.49. The van der Waals surface area contributed by atoms with E-state index in [-0.39, 0.29) is 11.8 Å². The van der Waals surface area contributed by atoms with E-state index in [1.807, 2.05) is 36.4 Å². The van der Waals surface area contributed by atoms with Gasteiger partial charge in [0.15, 0.2) is 23.4 Å². The fraction of sp³-hybridized carbons (Fsp3) is 0.519. The van der Waals surface area contributed by atoms with Crippen LogP contribution < -0.4 is 9.47 Å². The molecule has 2 aliphatic carbocycles. The Bertz CT molecular complexity index is 1070. The van der Waals surface area contributed by atoms with Crippen molar-refractivity contribution < 1.29 is 19.4 Å². The van der Waals surface area contributed by atoms with Crippen molar-refractivity contribution >= 4 is 5.78 Å². The van der Waals surface area contributed by atoms with Gasteiger partial charge in [-0.25, -0.2) is 0 Å². The van der Waals surface area contributed by atoms with Crippen LogP contribution in [0.4, 0.5) is 0 Å². The van der Waals surface area contributed by atoms with E-state index in [9.17, 15) is 9.90 Å². The molecule has 2 aromatic carbocycles. The number of rotatable bonds is 5. The number of carbonyl (C=O) groups is 1. The minimum Gasteiger partial charge on any atom is -0.485 e. The summed E-state index contributed by atoms with van der Waals surface area (Å²) in [6, 6.07) is 14.2. The average Bonchev–Trinajstić information content (AvgIpc) is 3.14. The molecule has 1 unspecified atom stereocenters. The molecule has 168 valence electrons. The zero-order valence-corrected chi connectivity index (χ0v) is 18.8. The fourth-order valence-electron chi connectivity index (χ4n) is 6.94. The van der Waals surface area contributed by atoms with Crippen molar-refractivity contribution in [3.05, 3.63) is 59.2 Å². The molecule has 0 amide bonds. The lowest BCUT2D eigenvalue weighted by Crippen LogP contribution is -2.76. The summed E-state index contributed by atoms with van der Waals surface area (Å²) in [4.78, 5) is 15.6. The van der Waals surface area contributed by atoms with Crippen LogP contribution in [0.3, 0.4) is 0 Å². The lowest BCUT2D eigenvalue weighted by Gasteiger charge is -2.62. The predicted octanol–water partition coefficient (Wildman–Crippen LogP) is 3.64. The third kappa shape index (κ3) is 2.61. The minimum absolute atomic E-state index is 0.0207. The Morgan fingerprint density at radius 3 is 2.78 bits per heavy atom. The summed E-state index contributed by atoms with van der Waals surface area (Å²) in [7, 11) is 0. The van der Waals surface area contributed by atoms with Gasteiger partial charge in [0.2, 0.25) is 0 Å². The summed E-state index contributed by atoms with van der Waals surface area (Å²) in [6.07, 6.45) is 1.81. The molecule has 5 nitrogen and oxygen atoms in total. The van der Waals surface area contributed by atoms with Gasteiger partial charge in [0, 0.05) is 24.6 Å². The molecule has 1 saturated carbocycles. The first-order valence-corrected chi connectivity index (χ1v) is 11.9. The second-order valence-electron chi connectivity index (χ2n) is 10.4. The van der Waals surface area contributed by atoms with E-state index in [0.717, 1.165) is 37.1 Å². The minimum atomic E-state index is -0.949. The SMILES string of the molecule is CC(C)CN1CC[C@]23c4c5ccc(OCc6ccccc6)c4OC2C(=O)CC[C@@]3(O)[C@H]1C5. The summed E-state index contributed by atoms with van der Waals surface area (Å²) in [5.74, 6) is 2.01. The molecule has 1 N–H and O–H groups in total. The van der Waals surface area contributed by atoms with Crippen molar-refractivity contribution in [2.45, 2.75) is 69.3 Å². The van der Waals surface area contributed by atoms with Gasteiger partial charge in [-0.15, -0.1) is 0 Å². The van der Waals surface area contributed by atoms with Crippen LogP contribution in [0.5, 0.6) is 11.5 Å². The van der Waals surface area contributed by atoms with E-state index in [1.165, 1.54) is 5.56 Å². The standard InChI is InChI=1S/C27H31NO4/c1-17(2)15-28-13-12-26-23-19-8-9-21(31-16-18-6-4-3-5-7-18)24(23)32-25(26)20(29)10-11-27(26,30)22(28)14-19/h3-9,17,22,25,30H,10-16H2,1-2H3/t22-,25?,26+,27-/m1/s1. The molecule has 2 aromatic rings. The first-order chi connectivity index (χ1) is 15.4. The van der Waals surface area contributed by atoms with Crippen molar-refractivity contribution in [2.75, 3.05) is 13.1 Å². The third-order valence-corrected chi connectivity index (χ3v) is 8.19. The summed E-state index contributed by atoms with van der Waals surface area (Å²) in [5.41, 5.74) is 1.72. The van der Waals surface area contributed by atoms with Crippen LogP contribution in [0.2, 0.25) is 0 Å². The highest BCUT2D eigenvalue weighted by atomic mass is 16.5. The number of aliphatic hydroxyl groups is 1. The predicted molar refractivity (Wildman–Crippen MR) is 121 cm³/mol. The monoisotopic (exact) mass is 433 g/mol. The molecule has 0 radical (unpaired) electrons. The molecule has 4 aliphatic rings. The third-order valence-electron chi connectivity index (χ3n) is 8.19. The zero-order chi connectivity index (χ0) is 22.1. The van der Waals surface area contributed by atoms with E-state index in [2.05, 4.69) is 24.8 Å². The maximum atomic E-state index is 13.1. The molecule has 2 bridgehead atoms. The van der Waals surface area contributed by atoms with Gasteiger partial charge in [-0.3, -0.25) is 9.69 Å². The number of Topliss-reactive ketones (excluding diaryl/α,β-unsaturated/α-hetero) is 1. The van der Waals surface area contributed by atoms with E-state index >= 15 is 0 Å². The summed E-state index contributed by atoms with van der Waals surface area (Å²) in [6.45, 7) is 6.74. The number of hydrogen-bond donors (Lipinski definition) is 1. The Morgan fingerprint density at radius 2 is 2.00 bits per heavy atom. The Balaban J connectivity index is 1.45. The first-order valence-electron chi connectivity index (χ1n) is 11.9. The number of piperidine rings is 1. The van der Waals surface area contributed by atoms with E-state index in [4.69, 9.17) is 9.47 Å². The van der Waals surface area contributed by atoms with Crippen LogP contribution in [0.1, 0.15) is 49.8 Å². The fourth-order valence-corrected chi connectivity index (χ4v) is 6.94. The van der Waals surface area contributed by atoms with Crippen LogP contribution in [-0.2, 0) is 23.2 Å². The van der Waals surface area contributed by atoms with Gasteiger partial charge in [-0.05, 0) is 48.9 Å². The van der Waals surface area contributed by atoms with Gasteiger partial charge >= 0.3 is 0 Å². The quantitative estimate of drug-likeness (QED) is 0.780. The second kappa shape index (κ2) is 7.06. The normalized spacial score (nSPS) is 32.6. The maximum absolute atomic E-state index is 13.1. The highest BCUT2D eigenvalue weighted by molar-refractivity contribution is 5.90. The van der Waals surface area contributed by atoms with Crippen molar-refractivity contribution in [3.8, 4) is 11.5 Å². The number of carbonyl (C=O) groups excluding carboxylic acids is 1. The number of hydrogen-bond acceptors (Lipinski definition) is 5. The molecule has 2 aliphatic heterocycles. The van der Waals surface area contributed by atoms with Gasteiger partial charge < -0.3 is 14.6 Å². The van der Waals surface area contributed by atoms with E-state index in [0.29, 0.717) is 36.9 Å². The van der Waals surface area contributed by atoms with Crippen LogP contribution in [0, 0.1) is 5.92 Å². The molecule has 0 aromatic heterocycles. The second-order valence-corrected chi connectivity index (χ2v) is 10.4. The molecule has 32 heavy (non-hydrogen) atoms. The van der Waals surface area contributed by atoms with Crippen molar-refractivity contribution in [1.29, 1.82) is 0 Å². The molecule has 6 rings (SSSR count). The van der Waals surface area contributed by atoms with Gasteiger partial charge in [0.1, 0.15) is 6.61 Å². The van der Waals surface area contributed by atoms with Crippen molar-refractivity contribution in [2.24, 2.45) is 5.92 Å². The van der Waals surface area contributed by atoms with Gasteiger partial charge in [0.05, 0.1) is 11.0 Å². The average molecular weight is 434 g/mol. The number of nitrogens with zero attached hydrogens (tertiary/aromatic N) is 1. The van der Waals surface area contributed by atoms with Gasteiger partial charge in [0.25, 0.3) is 0 Å². The highest BCUT2D eigenvalue weighted by Gasteiger charge is 2.73. The van der Waals surface area contributed by atoms with E-state index in [1.54, 1.807) is 0 Å². The van der Waals surface area contributed by atoms with Crippen molar-refractivity contribution in [1.82, 2.24) is 4.90 Å². The number of likely N-dealkylation sites (tertiary alicyclic amines) is 1. The Kier molecular flexibility index (Phi) is 4.47. The van der Waals surface area contributed by atoms with Gasteiger partial charge in [-0.1, -0.05) is 50.2 Å². The molecule has 5 heteroatoms. The summed E-state index contributed by atoms with van der Waals surface area (Å²) < 4.78 is 12.6. The highest BCUT2D eigenvalue weighted by Crippen LogP contribution is 2.64. The largest absolute Gasteiger partial charge is 0.485 e. The number of benzene rings is 2.